The summed E-state index contributed by atoms with van der Waals surface area (Å²) in [5, 5.41) is 3.95. The second-order valence-corrected chi connectivity index (χ2v) is 7.01. The molecule has 1 heterocycles. The maximum absolute atomic E-state index is 6.04. The largest absolute Gasteiger partial charge is 0.370 e. The van der Waals surface area contributed by atoms with E-state index in [1.165, 1.54) is 0 Å². The van der Waals surface area contributed by atoms with Crippen molar-refractivity contribution in [3.8, 4) is 0 Å². The predicted octanol–water partition coefficient (Wildman–Crippen LogP) is 4.18. The van der Waals surface area contributed by atoms with Gasteiger partial charge in [0.05, 0.1) is 0 Å². The summed E-state index contributed by atoms with van der Waals surface area (Å²) in [5.41, 5.74) is 0.784. The standard InChI is InChI=1S/C15H24ClN3/c1-6-7-12-18-11(16)8-13(19-12)17-9-10-14(2,3)15(10,4)5/h8,10H,6-7,9H2,1-5H3,(H,17,18,19). The van der Waals surface area contributed by atoms with Crippen molar-refractivity contribution >= 4 is 17.4 Å². The van der Waals surface area contributed by atoms with E-state index in [0.29, 0.717) is 21.9 Å². The molecule has 4 heteroatoms. The number of anilines is 1. The van der Waals surface area contributed by atoms with Gasteiger partial charge in [0.2, 0.25) is 0 Å². The van der Waals surface area contributed by atoms with E-state index < -0.39 is 0 Å². The Morgan fingerprint density at radius 3 is 2.37 bits per heavy atom. The molecule has 0 saturated heterocycles. The van der Waals surface area contributed by atoms with Crippen LogP contribution < -0.4 is 5.32 Å². The Balaban J connectivity index is 2.01. The third kappa shape index (κ3) is 2.71. The van der Waals surface area contributed by atoms with Gasteiger partial charge < -0.3 is 5.32 Å². The summed E-state index contributed by atoms with van der Waals surface area (Å²) in [7, 11) is 0. The van der Waals surface area contributed by atoms with Crippen molar-refractivity contribution in [1.82, 2.24) is 9.97 Å². The number of halogens is 1. The number of aromatic nitrogens is 2. The van der Waals surface area contributed by atoms with Gasteiger partial charge in [-0.2, -0.15) is 0 Å². The second-order valence-electron chi connectivity index (χ2n) is 6.62. The molecule has 19 heavy (non-hydrogen) atoms. The first-order chi connectivity index (χ1) is 8.79. The van der Waals surface area contributed by atoms with E-state index >= 15 is 0 Å². The Kier molecular flexibility index (Phi) is 3.78. The Bertz CT molecular complexity index is 454. The molecule has 1 aromatic heterocycles. The van der Waals surface area contributed by atoms with Crippen molar-refractivity contribution in [3.05, 3.63) is 17.0 Å². The first-order valence-corrected chi connectivity index (χ1v) is 7.44. The zero-order chi connectivity index (χ0) is 14.3. The van der Waals surface area contributed by atoms with E-state index in [1.54, 1.807) is 0 Å². The van der Waals surface area contributed by atoms with E-state index in [1.807, 2.05) is 6.07 Å². The lowest BCUT2D eigenvalue weighted by Gasteiger charge is -2.08. The van der Waals surface area contributed by atoms with Gasteiger partial charge in [0.25, 0.3) is 0 Å². The van der Waals surface area contributed by atoms with Crippen LogP contribution in [-0.4, -0.2) is 16.5 Å². The van der Waals surface area contributed by atoms with Crippen molar-refractivity contribution in [3.63, 3.8) is 0 Å². The van der Waals surface area contributed by atoms with Gasteiger partial charge in [0.1, 0.15) is 16.8 Å². The van der Waals surface area contributed by atoms with Crippen LogP contribution in [0.5, 0.6) is 0 Å². The molecule has 0 bridgehead atoms. The molecule has 0 unspecified atom stereocenters. The third-order valence-electron chi connectivity index (χ3n) is 5.02. The molecule has 2 rings (SSSR count). The smallest absolute Gasteiger partial charge is 0.134 e. The van der Waals surface area contributed by atoms with Gasteiger partial charge in [-0.25, -0.2) is 9.97 Å². The van der Waals surface area contributed by atoms with Crippen molar-refractivity contribution < 1.29 is 0 Å². The lowest BCUT2D eigenvalue weighted by Crippen LogP contribution is -2.10. The maximum Gasteiger partial charge on any atom is 0.134 e. The molecule has 0 atom stereocenters. The van der Waals surface area contributed by atoms with Crippen LogP contribution >= 0.6 is 11.6 Å². The molecule has 0 spiro atoms. The molecule has 106 valence electrons. The van der Waals surface area contributed by atoms with E-state index in [2.05, 4.69) is 49.9 Å². The minimum Gasteiger partial charge on any atom is -0.370 e. The first-order valence-electron chi connectivity index (χ1n) is 7.06. The fourth-order valence-electron chi connectivity index (χ4n) is 2.94. The Morgan fingerprint density at radius 2 is 1.84 bits per heavy atom. The van der Waals surface area contributed by atoms with Crippen LogP contribution in [0.1, 0.15) is 46.9 Å². The van der Waals surface area contributed by atoms with Crippen LogP contribution in [0.3, 0.4) is 0 Å². The van der Waals surface area contributed by atoms with Crippen molar-refractivity contribution in [2.24, 2.45) is 16.7 Å². The van der Waals surface area contributed by atoms with Gasteiger partial charge in [0, 0.05) is 19.0 Å². The Labute approximate surface area is 121 Å². The van der Waals surface area contributed by atoms with Crippen LogP contribution in [-0.2, 0) is 6.42 Å². The quantitative estimate of drug-likeness (QED) is 0.823. The number of hydrogen-bond donors (Lipinski definition) is 1. The highest BCUT2D eigenvalue weighted by Gasteiger charge is 2.64. The molecule has 1 N–H and O–H groups in total. The first kappa shape index (κ1) is 14.6. The van der Waals surface area contributed by atoms with Crippen LogP contribution in [0, 0.1) is 16.7 Å². The fourth-order valence-corrected chi connectivity index (χ4v) is 3.14. The average molecular weight is 282 g/mol. The zero-order valence-corrected chi connectivity index (χ0v) is 13.3. The van der Waals surface area contributed by atoms with E-state index in [9.17, 15) is 0 Å². The lowest BCUT2D eigenvalue weighted by atomic mass is 10.0. The number of nitrogens with zero attached hydrogens (tertiary/aromatic N) is 2. The number of rotatable bonds is 5. The van der Waals surface area contributed by atoms with Gasteiger partial charge in [-0.3, -0.25) is 0 Å². The summed E-state index contributed by atoms with van der Waals surface area (Å²) >= 11 is 6.04. The molecular weight excluding hydrogens is 258 g/mol. The minimum absolute atomic E-state index is 0.392. The third-order valence-corrected chi connectivity index (χ3v) is 5.22. The van der Waals surface area contributed by atoms with Gasteiger partial charge in [-0.05, 0) is 23.2 Å². The SMILES string of the molecule is CCCc1nc(Cl)cc(NCC2C(C)(C)C2(C)C)n1. The topological polar surface area (TPSA) is 37.8 Å². The number of hydrogen-bond acceptors (Lipinski definition) is 3. The van der Waals surface area contributed by atoms with E-state index in [4.69, 9.17) is 11.6 Å². The van der Waals surface area contributed by atoms with Crippen molar-refractivity contribution in [2.45, 2.75) is 47.5 Å². The summed E-state index contributed by atoms with van der Waals surface area (Å²) in [6, 6.07) is 1.81. The van der Waals surface area contributed by atoms with E-state index in [0.717, 1.165) is 31.0 Å². The number of aryl methyl sites for hydroxylation is 1. The summed E-state index contributed by atoms with van der Waals surface area (Å²) < 4.78 is 0. The highest BCUT2D eigenvalue weighted by Crippen LogP contribution is 2.68. The monoisotopic (exact) mass is 281 g/mol. The molecule has 0 aliphatic heterocycles. The molecule has 3 nitrogen and oxygen atoms in total. The zero-order valence-electron chi connectivity index (χ0n) is 12.5. The molecule has 1 aliphatic rings. The minimum atomic E-state index is 0.392. The van der Waals surface area contributed by atoms with Gasteiger partial charge >= 0.3 is 0 Å². The van der Waals surface area contributed by atoms with Crippen LogP contribution in [0.15, 0.2) is 6.07 Å². The normalized spacial score (nSPS) is 20.3. The highest BCUT2D eigenvalue weighted by atomic mass is 35.5. The summed E-state index contributed by atoms with van der Waals surface area (Å²) in [5.74, 6) is 2.34. The average Bonchev–Trinajstić information content (AvgIpc) is 2.66. The molecule has 1 saturated carbocycles. The maximum atomic E-state index is 6.04. The molecule has 1 fully saturated rings. The highest BCUT2D eigenvalue weighted by molar-refractivity contribution is 6.29. The number of nitrogens with one attached hydrogen (secondary N) is 1. The van der Waals surface area contributed by atoms with Gasteiger partial charge in [0.15, 0.2) is 0 Å². The predicted molar refractivity (Wildman–Crippen MR) is 80.6 cm³/mol. The molecule has 1 aliphatic carbocycles. The molecule has 0 aromatic carbocycles. The van der Waals surface area contributed by atoms with Crippen LogP contribution in [0.25, 0.3) is 0 Å². The molecule has 1 aromatic rings. The molecular formula is C15H24ClN3. The molecule has 0 radical (unpaired) electrons. The van der Waals surface area contributed by atoms with Gasteiger partial charge in [-0.1, -0.05) is 46.2 Å². The van der Waals surface area contributed by atoms with Gasteiger partial charge in [-0.15, -0.1) is 0 Å². The van der Waals surface area contributed by atoms with Crippen LogP contribution in [0.4, 0.5) is 5.82 Å². The fraction of sp³-hybridized carbons (Fsp3) is 0.733. The Morgan fingerprint density at radius 1 is 1.21 bits per heavy atom. The van der Waals surface area contributed by atoms with Crippen molar-refractivity contribution in [2.75, 3.05) is 11.9 Å². The lowest BCUT2D eigenvalue weighted by molar-refractivity contribution is 0.457. The Hall–Kier alpha value is -0.830. The van der Waals surface area contributed by atoms with Crippen molar-refractivity contribution in [1.29, 1.82) is 0 Å². The van der Waals surface area contributed by atoms with E-state index in [-0.39, 0.29) is 0 Å². The summed E-state index contributed by atoms with van der Waals surface area (Å²) in [6.45, 7) is 12.4. The molecule has 0 amide bonds. The summed E-state index contributed by atoms with van der Waals surface area (Å²) in [4.78, 5) is 8.75. The summed E-state index contributed by atoms with van der Waals surface area (Å²) in [6.07, 6.45) is 1.90. The van der Waals surface area contributed by atoms with Crippen LogP contribution in [0.2, 0.25) is 5.15 Å². The second kappa shape index (κ2) is 4.93.